The van der Waals surface area contributed by atoms with Crippen molar-refractivity contribution in [2.24, 2.45) is 4.99 Å². The maximum absolute atomic E-state index is 10.1. The second-order valence-electron chi connectivity index (χ2n) is 7.18. The van der Waals surface area contributed by atoms with Gasteiger partial charge in [-0.05, 0) is 29.6 Å². The normalized spacial score (nSPS) is 21.1. The van der Waals surface area contributed by atoms with Crippen molar-refractivity contribution in [1.29, 1.82) is 0 Å². The zero-order valence-corrected chi connectivity index (χ0v) is 18.3. The number of phenolic OH excluding ortho intramolecular Hbond substituents is 1. The first-order valence-corrected chi connectivity index (χ1v) is 9.64. The van der Waals surface area contributed by atoms with Crippen molar-refractivity contribution in [2.45, 2.75) is 18.5 Å². The van der Waals surface area contributed by atoms with Crippen LogP contribution in [0.5, 0.6) is 17.4 Å². The van der Waals surface area contributed by atoms with E-state index in [0.717, 1.165) is 10.9 Å². The second-order valence-corrected chi connectivity index (χ2v) is 7.18. The van der Waals surface area contributed by atoms with E-state index in [0.29, 0.717) is 34.2 Å². The van der Waals surface area contributed by atoms with Gasteiger partial charge in [-0.2, -0.15) is 0 Å². The smallest absolute Gasteiger partial charge is 0.217 e. The predicted molar refractivity (Wildman–Crippen MR) is 113 cm³/mol. The summed E-state index contributed by atoms with van der Waals surface area (Å²) in [5.41, 5.74) is 2.49. The van der Waals surface area contributed by atoms with Crippen LogP contribution in [-0.2, 0) is 32.2 Å². The van der Waals surface area contributed by atoms with Crippen LogP contribution in [-0.4, -0.2) is 22.0 Å². The molecular weight excluding hydrogens is 571 g/mol. The number of hydrogen-bond donors (Lipinski definition) is 1. The van der Waals surface area contributed by atoms with Crippen LogP contribution in [0, 0.1) is 6.07 Å². The first-order chi connectivity index (χ1) is 15.5. The molecule has 6 rings (SSSR count). The number of pyridine rings is 1. The molecule has 1 aliphatic carbocycles. The molecule has 0 saturated heterocycles. The van der Waals surface area contributed by atoms with Gasteiger partial charge < -0.3 is 14.6 Å². The third kappa shape index (κ3) is 3.49. The molecule has 2 atom stereocenters. The van der Waals surface area contributed by atoms with Crippen molar-refractivity contribution in [2.75, 3.05) is 0 Å². The fourth-order valence-electron chi connectivity index (χ4n) is 3.83. The Balaban J connectivity index is 0.00000228. The molecule has 156 valence electrons. The minimum Gasteiger partial charge on any atom is -0.510 e. The molecule has 2 aliphatic rings. The summed E-state index contributed by atoms with van der Waals surface area (Å²) in [6, 6.07) is 24.0. The van der Waals surface area contributed by atoms with E-state index in [4.69, 9.17) is 12.2 Å². The SMILES string of the molecule is [2H]C1([2H])c2ccccc2[C@H]2OC(c3[c-]c(Oc4ccc5cccc(O)c5n4)ccc3)=N[C@H]21.[Pt]. The maximum Gasteiger partial charge on any atom is 0.217 e. The fraction of sp³-hybridized carbons (Fsp3) is 0.120. The van der Waals surface area contributed by atoms with Crippen LogP contribution in [0.1, 0.15) is 25.5 Å². The Morgan fingerprint density at radius 1 is 1.03 bits per heavy atom. The molecule has 2 heterocycles. The molecule has 6 heteroatoms. The van der Waals surface area contributed by atoms with Crippen LogP contribution in [0.15, 0.2) is 77.8 Å². The minimum atomic E-state index is -1.60. The van der Waals surface area contributed by atoms with Gasteiger partial charge in [0, 0.05) is 41.0 Å². The maximum atomic E-state index is 10.1. The van der Waals surface area contributed by atoms with E-state index in [1.165, 1.54) is 0 Å². The monoisotopic (exact) mass is 590 g/mol. The van der Waals surface area contributed by atoms with E-state index in [2.05, 4.69) is 16.0 Å². The molecule has 1 N–H and O–H groups in total. The zero-order chi connectivity index (χ0) is 21.9. The third-order valence-electron chi connectivity index (χ3n) is 5.24. The molecule has 0 spiro atoms. The van der Waals surface area contributed by atoms with E-state index < -0.39 is 18.5 Å². The van der Waals surface area contributed by atoms with Gasteiger partial charge in [0.15, 0.2) is 0 Å². The average Bonchev–Trinajstić information content (AvgIpc) is 3.34. The Morgan fingerprint density at radius 2 is 1.90 bits per heavy atom. The van der Waals surface area contributed by atoms with Gasteiger partial charge in [0.2, 0.25) is 5.88 Å². The Hall–Kier alpha value is -3.17. The molecule has 0 unspecified atom stereocenters. The molecule has 4 aromatic rings. The summed E-state index contributed by atoms with van der Waals surface area (Å²) >= 11 is 0. The first kappa shape index (κ1) is 17.5. The van der Waals surface area contributed by atoms with Crippen LogP contribution in [0.25, 0.3) is 10.9 Å². The second kappa shape index (κ2) is 7.82. The van der Waals surface area contributed by atoms with Gasteiger partial charge in [0.1, 0.15) is 23.3 Å². The van der Waals surface area contributed by atoms with Gasteiger partial charge in [-0.3, -0.25) is 4.99 Å². The summed E-state index contributed by atoms with van der Waals surface area (Å²) in [7, 11) is 0. The number of aromatic nitrogens is 1. The Kier molecular flexibility index (Phi) is 4.42. The van der Waals surface area contributed by atoms with E-state index in [1.54, 1.807) is 42.5 Å². The molecule has 0 bridgehead atoms. The molecule has 3 aromatic carbocycles. The summed E-state index contributed by atoms with van der Waals surface area (Å²) in [4.78, 5) is 8.96. The van der Waals surface area contributed by atoms with Crippen molar-refractivity contribution in [3.8, 4) is 17.4 Å². The van der Waals surface area contributed by atoms with Crippen LogP contribution < -0.4 is 4.74 Å². The number of phenols is 1. The van der Waals surface area contributed by atoms with Gasteiger partial charge in [-0.25, -0.2) is 4.98 Å². The largest absolute Gasteiger partial charge is 0.510 e. The average molecular weight is 591 g/mol. The Labute approximate surface area is 196 Å². The van der Waals surface area contributed by atoms with Crippen LogP contribution in [0.4, 0.5) is 0 Å². The van der Waals surface area contributed by atoms with Crippen molar-refractivity contribution >= 4 is 16.8 Å². The van der Waals surface area contributed by atoms with Crippen LogP contribution >= 0.6 is 0 Å². The molecule has 0 saturated carbocycles. The van der Waals surface area contributed by atoms with E-state index in [9.17, 15) is 5.11 Å². The molecule has 0 fully saturated rings. The quantitative estimate of drug-likeness (QED) is 0.343. The number of para-hydroxylation sites is 1. The third-order valence-corrected chi connectivity index (χ3v) is 5.24. The summed E-state index contributed by atoms with van der Waals surface area (Å²) in [6.07, 6.45) is -2.06. The number of rotatable bonds is 3. The molecule has 1 aliphatic heterocycles. The molecular formula is C25H17N2O3Pt-. The van der Waals surface area contributed by atoms with Gasteiger partial charge in [0.25, 0.3) is 0 Å². The summed E-state index contributed by atoms with van der Waals surface area (Å²) in [6.45, 7) is 0. The number of ether oxygens (including phenoxy) is 2. The molecule has 1 aromatic heterocycles. The van der Waals surface area contributed by atoms with Crippen LogP contribution in [0.2, 0.25) is 0 Å². The van der Waals surface area contributed by atoms with Gasteiger partial charge >= 0.3 is 0 Å². The zero-order valence-electron chi connectivity index (χ0n) is 18.1. The summed E-state index contributed by atoms with van der Waals surface area (Å²) in [5.74, 6) is 1.16. The predicted octanol–water partition coefficient (Wildman–Crippen LogP) is 4.97. The van der Waals surface area contributed by atoms with Crippen molar-refractivity contribution < 1.29 is 38.4 Å². The van der Waals surface area contributed by atoms with Crippen molar-refractivity contribution in [1.82, 2.24) is 4.98 Å². The number of fused-ring (bicyclic) bond motifs is 4. The number of nitrogens with zero attached hydrogens (tertiary/aromatic N) is 2. The topological polar surface area (TPSA) is 63.9 Å². The minimum absolute atomic E-state index is 0. The van der Waals surface area contributed by atoms with Gasteiger partial charge in [-0.15, -0.1) is 18.2 Å². The van der Waals surface area contributed by atoms with Crippen molar-refractivity contribution in [3.63, 3.8) is 0 Å². The molecule has 0 amide bonds. The summed E-state index contributed by atoms with van der Waals surface area (Å²) in [5, 5.41) is 10.9. The number of hydrogen-bond acceptors (Lipinski definition) is 5. The standard InChI is InChI=1S/C25H17N2O3.Pt/c28-21-10-4-6-15-11-12-22(27-23(15)21)29-18-8-3-7-17(13-18)25-26-20-14-16-5-1-2-9-19(16)24(20)30-25;/h1-12,20,24,28H,14H2;/q-1;/t20-,24+;/m0./s1/i14D2;. The molecule has 31 heavy (non-hydrogen) atoms. The van der Waals surface area contributed by atoms with Crippen molar-refractivity contribution in [3.05, 3.63) is 95.6 Å². The van der Waals surface area contributed by atoms with E-state index in [1.807, 2.05) is 30.3 Å². The van der Waals surface area contributed by atoms with Gasteiger partial charge in [0.05, 0.1) is 6.04 Å². The summed E-state index contributed by atoms with van der Waals surface area (Å²) < 4.78 is 29.0. The Morgan fingerprint density at radius 3 is 2.84 bits per heavy atom. The number of benzene rings is 3. The number of aromatic hydroxyl groups is 1. The van der Waals surface area contributed by atoms with Gasteiger partial charge in [-0.1, -0.05) is 48.0 Å². The first-order valence-electron chi connectivity index (χ1n) is 10.6. The van der Waals surface area contributed by atoms with Crippen LogP contribution in [0.3, 0.4) is 0 Å². The fourth-order valence-corrected chi connectivity index (χ4v) is 3.83. The Bertz CT molecular complexity index is 1410. The number of aliphatic imine (C=N–C) groups is 1. The molecule has 0 radical (unpaired) electrons. The van der Waals surface area contributed by atoms with E-state index in [-0.39, 0.29) is 26.8 Å². The van der Waals surface area contributed by atoms with E-state index >= 15 is 0 Å². The molecule has 5 nitrogen and oxygen atoms in total.